The Labute approximate surface area is 109 Å². The molecule has 1 saturated heterocycles. The van der Waals surface area contributed by atoms with Gasteiger partial charge < -0.3 is 10.6 Å². The quantitative estimate of drug-likeness (QED) is 0.860. The largest absolute Gasteiger partial charge is 0.334 e. The number of hydrogen-bond donors (Lipinski definition) is 1. The molecule has 2 heterocycles. The number of carbonyl (C=O) groups is 1. The summed E-state index contributed by atoms with van der Waals surface area (Å²) in [6.45, 7) is 2.76. The van der Waals surface area contributed by atoms with E-state index in [0.29, 0.717) is 5.69 Å². The molecule has 1 aromatic heterocycles. The van der Waals surface area contributed by atoms with Crippen LogP contribution in [0.3, 0.4) is 0 Å². The highest BCUT2D eigenvalue weighted by Crippen LogP contribution is 2.18. The number of likely N-dealkylation sites (tertiary alicyclic amines) is 1. The molecule has 5 heteroatoms. The molecule has 2 rings (SSSR count). The fraction of sp³-hybridized carbons (Fsp3) is 0.500. The molecule has 2 atom stereocenters. The molecule has 0 radical (unpaired) electrons. The van der Waals surface area contributed by atoms with E-state index in [1.165, 1.54) is 0 Å². The number of carbonyl (C=O) groups excluding carboxylic acids is 1. The van der Waals surface area contributed by atoms with Crippen LogP contribution in [0.1, 0.15) is 30.3 Å². The molecule has 0 spiro atoms. The number of aromatic nitrogens is 1. The van der Waals surface area contributed by atoms with E-state index in [0.717, 1.165) is 23.9 Å². The summed E-state index contributed by atoms with van der Waals surface area (Å²) in [6, 6.07) is 3.98. The number of rotatable bonds is 1. The third-order valence-corrected chi connectivity index (χ3v) is 3.59. The first-order valence-electron chi connectivity index (χ1n) is 5.76. The van der Waals surface area contributed by atoms with Gasteiger partial charge >= 0.3 is 0 Å². The highest BCUT2D eigenvalue weighted by Gasteiger charge is 2.28. The normalized spacial score (nSPS) is 24.8. The van der Waals surface area contributed by atoms with Crippen LogP contribution in [0, 0.1) is 0 Å². The molecule has 2 unspecified atom stereocenters. The van der Waals surface area contributed by atoms with Crippen molar-refractivity contribution in [3.05, 3.63) is 28.5 Å². The van der Waals surface area contributed by atoms with Crippen molar-refractivity contribution >= 4 is 21.8 Å². The fourth-order valence-electron chi connectivity index (χ4n) is 2.16. The summed E-state index contributed by atoms with van der Waals surface area (Å²) in [7, 11) is 0. The van der Waals surface area contributed by atoms with E-state index in [4.69, 9.17) is 5.73 Å². The second-order valence-electron chi connectivity index (χ2n) is 4.49. The number of pyridine rings is 1. The summed E-state index contributed by atoms with van der Waals surface area (Å²) in [4.78, 5) is 18.2. The van der Waals surface area contributed by atoms with E-state index in [2.05, 4.69) is 20.9 Å². The Balaban J connectivity index is 2.12. The molecule has 4 nitrogen and oxygen atoms in total. The Morgan fingerprint density at radius 2 is 2.35 bits per heavy atom. The van der Waals surface area contributed by atoms with Gasteiger partial charge in [-0.2, -0.15) is 0 Å². The van der Waals surface area contributed by atoms with Gasteiger partial charge in [0.25, 0.3) is 5.91 Å². The highest BCUT2D eigenvalue weighted by atomic mass is 79.9. The standard InChI is InChI=1S/C12H16BrN3O/c1-8-6-10(14)4-5-16(8)12(17)11-3-2-9(13)7-15-11/h2-3,7-8,10H,4-6,14H2,1H3. The molecule has 92 valence electrons. The first kappa shape index (κ1) is 12.5. The summed E-state index contributed by atoms with van der Waals surface area (Å²) in [5, 5.41) is 0. The molecular formula is C12H16BrN3O. The van der Waals surface area contributed by atoms with Gasteiger partial charge in [-0.25, -0.2) is 4.98 Å². The smallest absolute Gasteiger partial charge is 0.272 e. The minimum Gasteiger partial charge on any atom is -0.334 e. The van der Waals surface area contributed by atoms with Crippen molar-refractivity contribution in [3.63, 3.8) is 0 Å². The molecule has 2 N–H and O–H groups in total. The average molecular weight is 298 g/mol. The number of nitrogens with two attached hydrogens (primary N) is 1. The third-order valence-electron chi connectivity index (χ3n) is 3.12. The maximum Gasteiger partial charge on any atom is 0.272 e. The van der Waals surface area contributed by atoms with Crippen LogP contribution in [-0.4, -0.2) is 34.4 Å². The molecule has 1 fully saturated rings. The lowest BCUT2D eigenvalue weighted by Gasteiger charge is -2.36. The lowest BCUT2D eigenvalue weighted by Crippen LogP contribution is -2.48. The molecule has 1 aliphatic rings. The molecule has 0 saturated carbocycles. The van der Waals surface area contributed by atoms with Crippen LogP contribution in [0.5, 0.6) is 0 Å². The van der Waals surface area contributed by atoms with E-state index < -0.39 is 0 Å². The molecule has 17 heavy (non-hydrogen) atoms. The van der Waals surface area contributed by atoms with Crippen LogP contribution in [0.2, 0.25) is 0 Å². The van der Waals surface area contributed by atoms with Crippen LogP contribution in [0.25, 0.3) is 0 Å². The topological polar surface area (TPSA) is 59.2 Å². The van der Waals surface area contributed by atoms with E-state index in [1.807, 2.05) is 17.9 Å². The summed E-state index contributed by atoms with van der Waals surface area (Å²) in [5.74, 6) is -0.00287. The summed E-state index contributed by atoms with van der Waals surface area (Å²) < 4.78 is 0.878. The second kappa shape index (κ2) is 5.14. The zero-order valence-corrected chi connectivity index (χ0v) is 11.4. The Morgan fingerprint density at radius 3 is 2.94 bits per heavy atom. The number of amides is 1. The maximum absolute atomic E-state index is 12.2. The van der Waals surface area contributed by atoms with Crippen molar-refractivity contribution in [2.75, 3.05) is 6.54 Å². The van der Waals surface area contributed by atoms with Crippen molar-refractivity contribution < 1.29 is 4.79 Å². The lowest BCUT2D eigenvalue weighted by atomic mass is 9.99. The fourth-order valence-corrected chi connectivity index (χ4v) is 2.39. The van der Waals surface area contributed by atoms with Crippen molar-refractivity contribution in [2.45, 2.75) is 31.8 Å². The molecule has 0 aliphatic carbocycles. The van der Waals surface area contributed by atoms with E-state index in [-0.39, 0.29) is 18.0 Å². The molecular weight excluding hydrogens is 282 g/mol. The first-order chi connectivity index (χ1) is 8.08. The van der Waals surface area contributed by atoms with Gasteiger partial charge in [-0.1, -0.05) is 0 Å². The zero-order valence-electron chi connectivity index (χ0n) is 9.77. The van der Waals surface area contributed by atoms with Gasteiger partial charge in [-0.3, -0.25) is 4.79 Å². The monoisotopic (exact) mass is 297 g/mol. The van der Waals surface area contributed by atoms with Gasteiger partial charge in [0.1, 0.15) is 5.69 Å². The van der Waals surface area contributed by atoms with Crippen LogP contribution < -0.4 is 5.73 Å². The SMILES string of the molecule is CC1CC(N)CCN1C(=O)c1ccc(Br)cn1. The van der Waals surface area contributed by atoms with E-state index in [9.17, 15) is 4.79 Å². The Morgan fingerprint density at radius 1 is 1.59 bits per heavy atom. The van der Waals surface area contributed by atoms with E-state index >= 15 is 0 Å². The van der Waals surface area contributed by atoms with E-state index in [1.54, 1.807) is 12.3 Å². The van der Waals surface area contributed by atoms with Gasteiger partial charge in [0, 0.05) is 29.3 Å². The van der Waals surface area contributed by atoms with Crippen LogP contribution in [-0.2, 0) is 0 Å². The minimum atomic E-state index is -0.00287. The lowest BCUT2D eigenvalue weighted by molar-refractivity contribution is 0.0613. The molecule has 1 aromatic rings. The first-order valence-corrected chi connectivity index (χ1v) is 6.55. The van der Waals surface area contributed by atoms with Gasteiger partial charge in [0.15, 0.2) is 0 Å². The van der Waals surface area contributed by atoms with Crippen molar-refractivity contribution in [3.8, 4) is 0 Å². The molecule has 1 amide bonds. The van der Waals surface area contributed by atoms with Gasteiger partial charge in [-0.05, 0) is 47.8 Å². The van der Waals surface area contributed by atoms with Crippen molar-refractivity contribution in [1.29, 1.82) is 0 Å². The molecule has 0 aromatic carbocycles. The highest BCUT2D eigenvalue weighted by molar-refractivity contribution is 9.10. The van der Waals surface area contributed by atoms with Crippen LogP contribution >= 0.6 is 15.9 Å². The van der Waals surface area contributed by atoms with Crippen LogP contribution in [0.15, 0.2) is 22.8 Å². The number of piperidine rings is 1. The minimum absolute atomic E-state index is 0.00287. The average Bonchev–Trinajstić information content (AvgIpc) is 2.29. The number of halogens is 1. The van der Waals surface area contributed by atoms with Crippen LogP contribution in [0.4, 0.5) is 0 Å². The van der Waals surface area contributed by atoms with Crippen molar-refractivity contribution in [2.24, 2.45) is 5.73 Å². The van der Waals surface area contributed by atoms with Crippen molar-refractivity contribution in [1.82, 2.24) is 9.88 Å². The maximum atomic E-state index is 12.2. The Hall–Kier alpha value is -0.940. The molecule has 0 bridgehead atoms. The second-order valence-corrected chi connectivity index (χ2v) is 5.41. The summed E-state index contributed by atoms with van der Waals surface area (Å²) in [6.07, 6.45) is 3.38. The third kappa shape index (κ3) is 2.84. The Kier molecular flexibility index (Phi) is 3.79. The summed E-state index contributed by atoms with van der Waals surface area (Å²) in [5.41, 5.74) is 6.38. The predicted molar refractivity (Wildman–Crippen MR) is 69.6 cm³/mol. The molecule has 1 aliphatic heterocycles. The zero-order chi connectivity index (χ0) is 12.4. The van der Waals surface area contributed by atoms with Gasteiger partial charge in [0.05, 0.1) is 0 Å². The Bertz CT molecular complexity index is 407. The van der Waals surface area contributed by atoms with Gasteiger partial charge in [-0.15, -0.1) is 0 Å². The summed E-state index contributed by atoms with van der Waals surface area (Å²) >= 11 is 3.31. The predicted octanol–water partition coefficient (Wildman–Crippen LogP) is 1.80. The number of nitrogens with zero attached hydrogens (tertiary/aromatic N) is 2. The number of hydrogen-bond acceptors (Lipinski definition) is 3. The van der Waals surface area contributed by atoms with Gasteiger partial charge in [0.2, 0.25) is 0 Å².